The Bertz CT molecular complexity index is 480. The SMILES string of the molecule is CC(C)CCCOP(=S)([S-])OCCCC(C)C.CC(C)CCCOP(=S)([S-])OCCCC(C)C.[Zn+2]. The summed E-state index contributed by atoms with van der Waals surface area (Å²) in [6.07, 6.45) is 8.67. The predicted octanol–water partition coefficient (Wildman–Crippen LogP) is 9.32. The fourth-order valence-electron chi connectivity index (χ4n) is 2.75. The number of hydrogen-bond acceptors (Lipinski definition) is 8. The topological polar surface area (TPSA) is 36.9 Å². The molecule has 0 aliphatic heterocycles. The molecule has 11 heteroatoms. The second kappa shape index (κ2) is 25.4. The molecule has 0 fully saturated rings. The van der Waals surface area contributed by atoms with Gasteiger partial charge in [0.2, 0.25) is 0 Å². The normalized spacial score (nSPS) is 12.3. The van der Waals surface area contributed by atoms with Crippen molar-refractivity contribution in [3.05, 3.63) is 0 Å². The van der Waals surface area contributed by atoms with Gasteiger partial charge in [-0.3, -0.25) is 0 Å². The van der Waals surface area contributed by atoms with E-state index in [0.717, 1.165) is 51.4 Å². The van der Waals surface area contributed by atoms with E-state index in [1.165, 1.54) is 0 Å². The first-order chi connectivity index (χ1) is 15.7. The summed E-state index contributed by atoms with van der Waals surface area (Å²) in [5, 5.41) is 0. The molecule has 0 N–H and O–H groups in total. The molecular weight excluding hydrogens is 608 g/mol. The Morgan fingerprint density at radius 1 is 0.486 bits per heavy atom. The van der Waals surface area contributed by atoms with Gasteiger partial charge in [-0.2, -0.15) is 0 Å². The average Bonchev–Trinajstić information content (AvgIpc) is 2.69. The number of rotatable bonds is 20. The van der Waals surface area contributed by atoms with E-state index in [4.69, 9.17) is 66.2 Å². The molecule has 0 radical (unpaired) electrons. The van der Waals surface area contributed by atoms with Crippen molar-refractivity contribution in [1.82, 2.24) is 0 Å². The zero-order chi connectivity index (χ0) is 26.6. The van der Waals surface area contributed by atoms with Crippen LogP contribution in [0, 0.1) is 23.7 Å². The van der Waals surface area contributed by atoms with Crippen molar-refractivity contribution in [2.24, 2.45) is 23.7 Å². The van der Waals surface area contributed by atoms with E-state index in [1.54, 1.807) is 0 Å². The molecule has 0 aromatic rings. The van der Waals surface area contributed by atoms with Crippen LogP contribution in [0.5, 0.6) is 0 Å². The third kappa shape index (κ3) is 36.5. The van der Waals surface area contributed by atoms with Crippen LogP contribution in [0.2, 0.25) is 0 Å². The fraction of sp³-hybridized carbons (Fsp3) is 1.00. The van der Waals surface area contributed by atoms with Gasteiger partial charge in [-0.25, -0.2) is 0 Å². The summed E-state index contributed by atoms with van der Waals surface area (Å²) in [5.74, 6) is 2.81. The largest absolute Gasteiger partial charge is 2.00 e. The Hall–Kier alpha value is 2.46. The van der Waals surface area contributed by atoms with Gasteiger partial charge in [0.25, 0.3) is 0 Å². The van der Waals surface area contributed by atoms with Crippen LogP contribution in [0.25, 0.3) is 0 Å². The van der Waals surface area contributed by atoms with Crippen LogP contribution >= 0.6 is 11.4 Å². The summed E-state index contributed by atoms with van der Waals surface area (Å²) in [6, 6.07) is 0. The first-order valence-corrected chi connectivity index (χ1v) is 20.2. The molecule has 0 aliphatic rings. The second-order valence-corrected chi connectivity index (χ2v) is 20.3. The smallest absolute Gasteiger partial charge is 0.691 e. The van der Waals surface area contributed by atoms with E-state index >= 15 is 0 Å². The van der Waals surface area contributed by atoms with Crippen LogP contribution in [0.3, 0.4) is 0 Å². The van der Waals surface area contributed by atoms with Crippen LogP contribution in [-0.4, -0.2) is 26.4 Å². The molecular formula is C24H52O4P2S4Zn. The van der Waals surface area contributed by atoms with Crippen molar-refractivity contribution in [2.45, 2.75) is 107 Å². The van der Waals surface area contributed by atoms with Crippen LogP contribution in [0.1, 0.15) is 107 Å². The van der Waals surface area contributed by atoms with E-state index in [-0.39, 0.29) is 19.5 Å². The third-order valence-electron chi connectivity index (χ3n) is 4.70. The van der Waals surface area contributed by atoms with Crippen molar-refractivity contribution < 1.29 is 37.6 Å². The second-order valence-electron chi connectivity index (χ2n) is 10.4. The van der Waals surface area contributed by atoms with Gasteiger partial charge in [0.15, 0.2) is 0 Å². The monoisotopic (exact) mass is 658 g/mol. The standard InChI is InChI=1S/2C12H27O2PS2.Zn/c2*1-11(2)7-5-9-13-15(16,17)14-10-6-8-12(3)4;/h2*11-12H,5-10H2,1-4H3,(H,16,17);/q;;+2/p-2. The molecule has 0 spiro atoms. The van der Waals surface area contributed by atoms with Crippen molar-refractivity contribution in [2.75, 3.05) is 26.4 Å². The van der Waals surface area contributed by atoms with Gasteiger partial charge < -0.3 is 42.6 Å². The molecule has 35 heavy (non-hydrogen) atoms. The summed E-state index contributed by atoms with van der Waals surface area (Å²) in [5.41, 5.74) is -4.79. The molecule has 0 saturated heterocycles. The summed E-state index contributed by atoms with van der Waals surface area (Å²) in [7, 11) is 0. The molecule has 208 valence electrons. The maximum Gasteiger partial charge on any atom is 2.00 e. The average molecular weight is 660 g/mol. The van der Waals surface area contributed by atoms with E-state index in [1.807, 2.05) is 0 Å². The van der Waals surface area contributed by atoms with Gasteiger partial charge in [-0.05, 0) is 75.0 Å². The minimum absolute atomic E-state index is 0. The van der Waals surface area contributed by atoms with Gasteiger partial charge >= 0.3 is 19.5 Å². The van der Waals surface area contributed by atoms with Gasteiger partial charge in [-0.15, -0.1) is 0 Å². The molecule has 4 nitrogen and oxygen atoms in total. The molecule has 0 unspecified atom stereocenters. The fourth-order valence-corrected chi connectivity index (χ4v) is 6.10. The Morgan fingerprint density at radius 2 is 0.657 bits per heavy atom. The van der Waals surface area contributed by atoms with E-state index in [0.29, 0.717) is 50.1 Å². The molecule has 0 atom stereocenters. The van der Waals surface area contributed by atoms with E-state index in [2.05, 4.69) is 55.4 Å². The van der Waals surface area contributed by atoms with Gasteiger partial charge in [0.1, 0.15) is 0 Å². The zero-order valence-electron chi connectivity index (χ0n) is 23.7. The molecule has 0 rings (SSSR count). The first-order valence-electron chi connectivity index (χ1n) is 12.9. The van der Waals surface area contributed by atoms with Crippen molar-refractivity contribution in [1.29, 1.82) is 0 Å². The first kappa shape index (κ1) is 41.9. The summed E-state index contributed by atoms with van der Waals surface area (Å²) in [6.45, 7) is 20.2. The van der Waals surface area contributed by atoms with Gasteiger partial charge in [0, 0.05) is 0 Å². The van der Waals surface area contributed by atoms with E-state index < -0.39 is 11.4 Å². The Balaban J connectivity index is -0.000000569. The quantitative estimate of drug-likeness (QED) is 0.0554. The molecule has 0 saturated carbocycles. The zero-order valence-corrected chi connectivity index (χ0v) is 31.7. The molecule has 0 heterocycles. The van der Waals surface area contributed by atoms with Gasteiger partial charge in [-0.1, -0.05) is 79.0 Å². The van der Waals surface area contributed by atoms with Crippen LogP contribution < -0.4 is 0 Å². The molecule has 0 aliphatic carbocycles. The van der Waals surface area contributed by atoms with Crippen LogP contribution in [-0.2, 0) is 85.7 Å². The van der Waals surface area contributed by atoms with Crippen LogP contribution in [0.15, 0.2) is 0 Å². The van der Waals surface area contributed by atoms with Crippen molar-refractivity contribution in [3.63, 3.8) is 0 Å². The predicted molar refractivity (Wildman–Crippen MR) is 163 cm³/mol. The van der Waals surface area contributed by atoms with Gasteiger partial charge in [0.05, 0.1) is 37.8 Å². The Morgan fingerprint density at radius 3 is 0.800 bits per heavy atom. The van der Waals surface area contributed by atoms with Crippen molar-refractivity contribution in [3.8, 4) is 0 Å². The molecule has 0 aromatic carbocycles. The molecule has 0 bridgehead atoms. The van der Waals surface area contributed by atoms with Crippen molar-refractivity contribution >= 4 is 59.5 Å². The third-order valence-corrected chi connectivity index (χ3v) is 9.23. The minimum Gasteiger partial charge on any atom is -0.691 e. The maximum absolute atomic E-state index is 5.51. The Labute approximate surface area is 252 Å². The number of hydrogen-bond donors (Lipinski definition) is 0. The Kier molecular flexibility index (Phi) is 30.5. The summed E-state index contributed by atoms with van der Waals surface area (Å²) >= 11 is 20.7. The molecule has 0 aromatic heterocycles. The van der Waals surface area contributed by atoms with Crippen LogP contribution in [0.4, 0.5) is 0 Å². The summed E-state index contributed by atoms with van der Waals surface area (Å²) in [4.78, 5) is 0. The van der Waals surface area contributed by atoms with E-state index in [9.17, 15) is 0 Å². The summed E-state index contributed by atoms with van der Waals surface area (Å²) < 4.78 is 22.0. The maximum atomic E-state index is 5.51. The minimum atomic E-state index is -2.40. The molecule has 0 amide bonds.